The van der Waals surface area contributed by atoms with E-state index in [2.05, 4.69) is 26.2 Å². The molecule has 2 heterocycles. The zero-order chi connectivity index (χ0) is 9.80. The molecule has 0 radical (unpaired) electrons. The lowest BCUT2D eigenvalue weighted by atomic mass is 10.1. The third-order valence-electron chi connectivity index (χ3n) is 2.28. The number of aromatic nitrogens is 1. The Balaban J connectivity index is 1.99. The summed E-state index contributed by atoms with van der Waals surface area (Å²) in [6, 6.07) is 4.37. The van der Waals surface area contributed by atoms with Gasteiger partial charge in [0.25, 0.3) is 0 Å². The van der Waals surface area contributed by atoms with E-state index in [-0.39, 0.29) is 0 Å². The van der Waals surface area contributed by atoms with Gasteiger partial charge in [0.05, 0.1) is 12.3 Å². The predicted octanol–water partition coefficient (Wildman–Crippen LogP) is 2.44. The van der Waals surface area contributed by atoms with Gasteiger partial charge in [0.15, 0.2) is 0 Å². The van der Waals surface area contributed by atoms with Gasteiger partial charge in [0.1, 0.15) is 4.60 Å². The number of nitrogens with one attached hydrogen (secondary N) is 1. The van der Waals surface area contributed by atoms with Crippen LogP contribution in [0.25, 0.3) is 0 Å². The van der Waals surface area contributed by atoms with Crippen LogP contribution in [0.1, 0.15) is 12.8 Å². The second kappa shape index (κ2) is 4.75. The fourth-order valence-corrected chi connectivity index (χ4v) is 1.93. The first kappa shape index (κ1) is 9.93. The Bertz CT molecular complexity index is 300. The first-order valence-electron chi connectivity index (χ1n) is 4.81. The van der Waals surface area contributed by atoms with Crippen molar-refractivity contribution < 1.29 is 4.74 Å². The Morgan fingerprint density at radius 1 is 1.57 bits per heavy atom. The van der Waals surface area contributed by atoms with Crippen LogP contribution >= 0.6 is 15.9 Å². The van der Waals surface area contributed by atoms with Crippen molar-refractivity contribution in [2.75, 3.05) is 18.5 Å². The van der Waals surface area contributed by atoms with E-state index in [0.717, 1.165) is 29.9 Å². The summed E-state index contributed by atoms with van der Waals surface area (Å²) in [6.07, 6.45) is 4.07. The normalized spacial score (nSPS) is 21.9. The summed E-state index contributed by atoms with van der Waals surface area (Å²) in [5.41, 5.74) is 1.04. The lowest BCUT2D eigenvalue weighted by Gasteiger charge is -2.24. The van der Waals surface area contributed by atoms with Gasteiger partial charge >= 0.3 is 0 Å². The van der Waals surface area contributed by atoms with Gasteiger partial charge in [-0.3, -0.25) is 0 Å². The van der Waals surface area contributed by atoms with Crippen LogP contribution in [-0.4, -0.2) is 24.2 Å². The Kier molecular flexibility index (Phi) is 3.37. The van der Waals surface area contributed by atoms with Gasteiger partial charge in [0, 0.05) is 18.8 Å². The molecular weight excluding hydrogens is 244 g/mol. The highest BCUT2D eigenvalue weighted by Crippen LogP contribution is 2.21. The number of hydrogen-bond donors (Lipinski definition) is 1. The minimum atomic E-state index is 0.421. The van der Waals surface area contributed by atoms with Gasteiger partial charge in [-0.25, -0.2) is 4.98 Å². The first-order chi connectivity index (χ1) is 6.86. The average Bonchev–Trinajstić information content (AvgIpc) is 2.23. The Morgan fingerprint density at radius 2 is 2.50 bits per heavy atom. The molecule has 1 aromatic heterocycles. The maximum Gasteiger partial charge on any atom is 0.129 e. The van der Waals surface area contributed by atoms with Crippen LogP contribution in [0, 0.1) is 0 Å². The fraction of sp³-hybridized carbons (Fsp3) is 0.500. The summed E-state index contributed by atoms with van der Waals surface area (Å²) in [5, 5.41) is 3.41. The lowest BCUT2D eigenvalue weighted by Crippen LogP contribution is -2.30. The monoisotopic (exact) mass is 256 g/mol. The van der Waals surface area contributed by atoms with Gasteiger partial charge < -0.3 is 10.1 Å². The van der Waals surface area contributed by atoms with Crippen LogP contribution in [0.15, 0.2) is 22.9 Å². The molecule has 76 valence electrons. The molecule has 14 heavy (non-hydrogen) atoms. The maximum absolute atomic E-state index is 5.40. The van der Waals surface area contributed by atoms with Crippen molar-refractivity contribution in [3.63, 3.8) is 0 Å². The molecule has 1 unspecified atom stereocenters. The lowest BCUT2D eigenvalue weighted by molar-refractivity contribution is 0.0876. The Labute approximate surface area is 92.0 Å². The molecule has 4 heteroatoms. The zero-order valence-electron chi connectivity index (χ0n) is 7.87. The summed E-state index contributed by atoms with van der Waals surface area (Å²) < 4.78 is 6.26. The minimum Gasteiger partial charge on any atom is -0.379 e. The molecule has 0 bridgehead atoms. The molecule has 1 atom stereocenters. The van der Waals surface area contributed by atoms with Crippen molar-refractivity contribution in [3.05, 3.63) is 22.9 Å². The number of ether oxygens (including phenoxy) is 1. The number of hydrogen-bond acceptors (Lipinski definition) is 3. The molecule has 1 saturated heterocycles. The van der Waals surface area contributed by atoms with E-state index >= 15 is 0 Å². The summed E-state index contributed by atoms with van der Waals surface area (Å²) in [6.45, 7) is 1.69. The molecular formula is C10H13BrN2O. The SMILES string of the molecule is Brc1ncccc1NC1CCCOC1. The van der Waals surface area contributed by atoms with Crippen molar-refractivity contribution in [2.24, 2.45) is 0 Å². The molecule has 0 aliphatic carbocycles. The molecule has 1 aliphatic rings. The number of halogens is 1. The molecule has 0 aromatic carbocycles. The first-order valence-corrected chi connectivity index (χ1v) is 5.60. The van der Waals surface area contributed by atoms with Gasteiger partial charge in [-0.1, -0.05) is 0 Å². The predicted molar refractivity (Wildman–Crippen MR) is 59.4 cm³/mol. The van der Waals surface area contributed by atoms with Crippen LogP contribution in [0.5, 0.6) is 0 Å². The Hall–Kier alpha value is -0.610. The van der Waals surface area contributed by atoms with E-state index < -0.39 is 0 Å². The summed E-state index contributed by atoms with van der Waals surface area (Å²) in [7, 11) is 0. The van der Waals surface area contributed by atoms with E-state index in [1.54, 1.807) is 6.20 Å². The van der Waals surface area contributed by atoms with Crippen LogP contribution in [0.4, 0.5) is 5.69 Å². The molecule has 0 saturated carbocycles. The van der Waals surface area contributed by atoms with Gasteiger partial charge in [0.2, 0.25) is 0 Å². The summed E-state index contributed by atoms with van der Waals surface area (Å²) in [4.78, 5) is 4.16. The zero-order valence-corrected chi connectivity index (χ0v) is 9.46. The van der Waals surface area contributed by atoms with Crippen LogP contribution in [0.3, 0.4) is 0 Å². The third-order valence-corrected chi connectivity index (χ3v) is 2.91. The van der Waals surface area contributed by atoms with Crippen molar-refractivity contribution in [1.82, 2.24) is 4.98 Å². The number of rotatable bonds is 2. The van der Waals surface area contributed by atoms with Crippen molar-refractivity contribution in [2.45, 2.75) is 18.9 Å². The van der Waals surface area contributed by atoms with Crippen molar-refractivity contribution in [3.8, 4) is 0 Å². The molecule has 1 fully saturated rings. The number of anilines is 1. The van der Waals surface area contributed by atoms with Crippen molar-refractivity contribution >= 4 is 21.6 Å². The molecule has 3 nitrogen and oxygen atoms in total. The van der Waals surface area contributed by atoms with Gasteiger partial charge in [-0.2, -0.15) is 0 Å². The van der Waals surface area contributed by atoms with Crippen molar-refractivity contribution in [1.29, 1.82) is 0 Å². The quantitative estimate of drug-likeness (QED) is 0.826. The van der Waals surface area contributed by atoms with E-state index in [0.29, 0.717) is 6.04 Å². The van der Waals surface area contributed by atoms with Gasteiger partial charge in [-0.05, 0) is 40.9 Å². The second-order valence-corrected chi connectivity index (χ2v) is 4.15. The van der Waals surface area contributed by atoms with Crippen LogP contribution < -0.4 is 5.32 Å². The van der Waals surface area contributed by atoms with Crippen LogP contribution in [0.2, 0.25) is 0 Å². The standard InChI is InChI=1S/C10H13BrN2O/c11-10-9(4-1-5-12-10)13-8-3-2-6-14-7-8/h1,4-5,8,13H,2-3,6-7H2. The molecule has 0 amide bonds. The molecule has 1 N–H and O–H groups in total. The van der Waals surface area contributed by atoms with E-state index in [1.807, 2.05) is 12.1 Å². The smallest absolute Gasteiger partial charge is 0.129 e. The molecule has 1 aromatic rings. The summed E-state index contributed by atoms with van der Waals surface area (Å²) >= 11 is 3.41. The molecule has 2 rings (SSSR count). The van der Waals surface area contributed by atoms with E-state index in [4.69, 9.17) is 4.74 Å². The molecule has 0 spiro atoms. The largest absolute Gasteiger partial charge is 0.379 e. The Morgan fingerprint density at radius 3 is 3.21 bits per heavy atom. The fourth-order valence-electron chi connectivity index (χ4n) is 1.57. The third kappa shape index (κ3) is 2.45. The van der Waals surface area contributed by atoms with Gasteiger partial charge in [-0.15, -0.1) is 0 Å². The average molecular weight is 257 g/mol. The minimum absolute atomic E-state index is 0.421. The number of pyridine rings is 1. The maximum atomic E-state index is 5.40. The highest BCUT2D eigenvalue weighted by atomic mass is 79.9. The van der Waals surface area contributed by atoms with Crippen LogP contribution in [-0.2, 0) is 4.74 Å². The highest BCUT2D eigenvalue weighted by molar-refractivity contribution is 9.10. The topological polar surface area (TPSA) is 34.2 Å². The van der Waals surface area contributed by atoms with E-state index in [1.165, 1.54) is 6.42 Å². The number of nitrogens with zero attached hydrogens (tertiary/aromatic N) is 1. The second-order valence-electron chi connectivity index (χ2n) is 3.40. The highest BCUT2D eigenvalue weighted by Gasteiger charge is 2.14. The summed E-state index contributed by atoms with van der Waals surface area (Å²) in [5.74, 6) is 0. The van der Waals surface area contributed by atoms with E-state index in [9.17, 15) is 0 Å². The molecule has 1 aliphatic heterocycles.